The van der Waals surface area contributed by atoms with E-state index in [-0.39, 0.29) is 18.6 Å². The third kappa shape index (κ3) is 5.57. The zero-order valence-corrected chi connectivity index (χ0v) is 15.7. The summed E-state index contributed by atoms with van der Waals surface area (Å²) in [6.07, 6.45) is 0. The largest absolute Gasteiger partial charge is 0.491 e. The van der Waals surface area contributed by atoms with Gasteiger partial charge in [-0.3, -0.25) is 4.79 Å². The van der Waals surface area contributed by atoms with Gasteiger partial charge in [-0.05, 0) is 56.2 Å². The first-order valence-corrected chi connectivity index (χ1v) is 8.61. The molecule has 128 valence electrons. The Hall–Kier alpha value is -2.01. The summed E-state index contributed by atoms with van der Waals surface area (Å²) in [4.78, 5) is 12.0. The van der Waals surface area contributed by atoms with Crippen LogP contribution in [-0.4, -0.2) is 25.2 Å². The lowest BCUT2D eigenvalue weighted by Gasteiger charge is -2.16. The van der Waals surface area contributed by atoms with Crippen LogP contribution in [0.25, 0.3) is 0 Å². The van der Waals surface area contributed by atoms with Crippen LogP contribution < -0.4 is 14.8 Å². The Balaban J connectivity index is 1.75. The van der Waals surface area contributed by atoms with Crippen LogP contribution >= 0.6 is 15.9 Å². The van der Waals surface area contributed by atoms with Gasteiger partial charge in [0.1, 0.15) is 18.1 Å². The molecule has 0 aliphatic carbocycles. The van der Waals surface area contributed by atoms with E-state index < -0.39 is 0 Å². The quantitative estimate of drug-likeness (QED) is 0.774. The number of carbonyl (C=O) groups is 1. The van der Waals surface area contributed by atoms with Crippen LogP contribution in [0.3, 0.4) is 0 Å². The van der Waals surface area contributed by atoms with Crippen molar-refractivity contribution in [1.29, 1.82) is 0 Å². The van der Waals surface area contributed by atoms with E-state index in [1.165, 1.54) is 0 Å². The maximum absolute atomic E-state index is 12.0. The van der Waals surface area contributed by atoms with Crippen molar-refractivity contribution in [2.45, 2.75) is 26.8 Å². The van der Waals surface area contributed by atoms with Crippen molar-refractivity contribution < 1.29 is 14.3 Å². The average Bonchev–Trinajstić information content (AvgIpc) is 2.55. The maximum Gasteiger partial charge on any atom is 0.258 e. The highest BCUT2D eigenvalue weighted by Crippen LogP contribution is 2.21. The molecule has 0 aliphatic heterocycles. The number of hydrogen-bond acceptors (Lipinski definition) is 3. The first-order valence-electron chi connectivity index (χ1n) is 7.82. The molecule has 0 radical (unpaired) electrons. The second kappa shape index (κ2) is 8.73. The molecule has 0 spiro atoms. The molecule has 0 fully saturated rings. The van der Waals surface area contributed by atoms with Crippen LogP contribution in [0.5, 0.6) is 11.5 Å². The summed E-state index contributed by atoms with van der Waals surface area (Å²) in [5.41, 5.74) is 2.14. The van der Waals surface area contributed by atoms with Crippen molar-refractivity contribution >= 4 is 21.8 Å². The van der Waals surface area contributed by atoms with Gasteiger partial charge in [-0.1, -0.05) is 34.1 Å². The number of ether oxygens (including phenoxy) is 2. The van der Waals surface area contributed by atoms with Crippen LogP contribution in [0.15, 0.2) is 46.9 Å². The Labute approximate surface area is 151 Å². The lowest BCUT2D eigenvalue weighted by Crippen LogP contribution is -2.39. The van der Waals surface area contributed by atoms with Gasteiger partial charge in [-0.25, -0.2) is 0 Å². The number of benzene rings is 2. The maximum atomic E-state index is 12.0. The fourth-order valence-corrected chi connectivity index (χ4v) is 2.39. The number of amides is 1. The summed E-state index contributed by atoms with van der Waals surface area (Å²) in [6.45, 7) is 6.26. The number of rotatable bonds is 7. The number of carbonyl (C=O) groups excluding carboxylic acids is 1. The molecule has 0 saturated heterocycles. The highest BCUT2D eigenvalue weighted by atomic mass is 79.9. The number of hydrogen-bond donors (Lipinski definition) is 1. The summed E-state index contributed by atoms with van der Waals surface area (Å²) in [5, 5.41) is 2.87. The molecule has 0 bridgehead atoms. The second-order valence-corrected chi connectivity index (χ2v) is 6.60. The van der Waals surface area contributed by atoms with Crippen LogP contribution in [0, 0.1) is 13.8 Å². The first-order chi connectivity index (χ1) is 11.5. The number of aryl methyl sites for hydroxylation is 2. The number of halogens is 1. The Morgan fingerprint density at radius 1 is 1.12 bits per heavy atom. The Bertz CT molecular complexity index is 703. The smallest absolute Gasteiger partial charge is 0.258 e. The third-order valence-electron chi connectivity index (χ3n) is 3.49. The summed E-state index contributed by atoms with van der Waals surface area (Å²) in [5.74, 6) is 1.34. The van der Waals surface area contributed by atoms with E-state index in [0.29, 0.717) is 12.4 Å². The zero-order valence-electron chi connectivity index (χ0n) is 14.1. The van der Waals surface area contributed by atoms with E-state index in [2.05, 4.69) is 21.2 Å². The lowest BCUT2D eigenvalue weighted by molar-refractivity contribution is -0.123. The molecule has 2 aromatic carbocycles. The van der Waals surface area contributed by atoms with Crippen LogP contribution in [0.4, 0.5) is 0 Å². The molecule has 24 heavy (non-hydrogen) atoms. The predicted octanol–water partition coefficient (Wildman–Crippen LogP) is 4.03. The van der Waals surface area contributed by atoms with Crippen molar-refractivity contribution in [2.24, 2.45) is 0 Å². The summed E-state index contributed by atoms with van der Waals surface area (Å²) in [7, 11) is 0. The molecule has 1 atom stereocenters. The Morgan fingerprint density at radius 2 is 1.88 bits per heavy atom. The standard InChI is InChI=1S/C19H22BrNO3/c1-13-6-4-5-7-18(13)24-11-15(3)21-19(22)12-23-16-8-9-17(20)14(2)10-16/h4-10,15H,11-12H2,1-3H3,(H,21,22). The van der Waals surface area contributed by atoms with E-state index in [1.807, 2.05) is 63.2 Å². The number of para-hydroxylation sites is 1. The molecule has 2 aromatic rings. The van der Waals surface area contributed by atoms with Crippen LogP contribution in [0.2, 0.25) is 0 Å². The summed E-state index contributed by atoms with van der Waals surface area (Å²) >= 11 is 3.43. The molecule has 0 aliphatic rings. The monoisotopic (exact) mass is 391 g/mol. The molecule has 0 heterocycles. The molecule has 4 nitrogen and oxygen atoms in total. The minimum atomic E-state index is -0.170. The molecule has 2 rings (SSSR count). The van der Waals surface area contributed by atoms with Gasteiger partial charge in [-0.15, -0.1) is 0 Å². The van der Waals surface area contributed by atoms with Gasteiger partial charge >= 0.3 is 0 Å². The lowest BCUT2D eigenvalue weighted by atomic mass is 10.2. The van der Waals surface area contributed by atoms with Crippen LogP contribution in [0.1, 0.15) is 18.1 Å². The van der Waals surface area contributed by atoms with Crippen molar-refractivity contribution in [1.82, 2.24) is 5.32 Å². The molecule has 1 N–H and O–H groups in total. The van der Waals surface area contributed by atoms with E-state index in [9.17, 15) is 4.79 Å². The van der Waals surface area contributed by atoms with E-state index in [4.69, 9.17) is 9.47 Å². The third-order valence-corrected chi connectivity index (χ3v) is 4.38. The van der Waals surface area contributed by atoms with E-state index >= 15 is 0 Å². The van der Waals surface area contributed by atoms with Gasteiger partial charge < -0.3 is 14.8 Å². The summed E-state index contributed by atoms with van der Waals surface area (Å²) < 4.78 is 12.3. The molecule has 5 heteroatoms. The molecule has 1 unspecified atom stereocenters. The fourth-order valence-electron chi connectivity index (χ4n) is 2.15. The Morgan fingerprint density at radius 3 is 2.58 bits per heavy atom. The zero-order chi connectivity index (χ0) is 17.5. The highest BCUT2D eigenvalue weighted by Gasteiger charge is 2.10. The van der Waals surface area contributed by atoms with Gasteiger partial charge in [0.2, 0.25) is 0 Å². The fraction of sp³-hybridized carbons (Fsp3) is 0.316. The predicted molar refractivity (Wildman–Crippen MR) is 98.7 cm³/mol. The van der Waals surface area contributed by atoms with Crippen molar-refractivity contribution in [2.75, 3.05) is 13.2 Å². The van der Waals surface area contributed by atoms with Crippen LogP contribution in [-0.2, 0) is 4.79 Å². The van der Waals surface area contributed by atoms with E-state index in [0.717, 1.165) is 21.3 Å². The van der Waals surface area contributed by atoms with Gasteiger partial charge in [0, 0.05) is 4.47 Å². The molecule has 0 aromatic heterocycles. The Kier molecular flexibility index (Phi) is 6.67. The molecule has 1 amide bonds. The second-order valence-electron chi connectivity index (χ2n) is 5.74. The minimum Gasteiger partial charge on any atom is -0.491 e. The van der Waals surface area contributed by atoms with Gasteiger partial charge in [0.25, 0.3) is 5.91 Å². The molecular formula is C19H22BrNO3. The van der Waals surface area contributed by atoms with Crippen molar-refractivity contribution in [3.8, 4) is 11.5 Å². The molecule has 0 saturated carbocycles. The highest BCUT2D eigenvalue weighted by molar-refractivity contribution is 9.10. The minimum absolute atomic E-state index is 0.0181. The van der Waals surface area contributed by atoms with E-state index in [1.54, 1.807) is 0 Å². The number of nitrogens with one attached hydrogen (secondary N) is 1. The normalized spacial score (nSPS) is 11.7. The summed E-state index contributed by atoms with van der Waals surface area (Å²) in [6, 6.07) is 13.3. The first kappa shape index (κ1) is 18.3. The van der Waals surface area contributed by atoms with Crippen molar-refractivity contribution in [3.63, 3.8) is 0 Å². The van der Waals surface area contributed by atoms with Gasteiger partial charge in [0.05, 0.1) is 6.04 Å². The van der Waals surface area contributed by atoms with Crippen molar-refractivity contribution in [3.05, 3.63) is 58.1 Å². The van der Waals surface area contributed by atoms with Gasteiger partial charge in [0.15, 0.2) is 6.61 Å². The topological polar surface area (TPSA) is 47.6 Å². The SMILES string of the molecule is Cc1cc(OCC(=O)NC(C)COc2ccccc2C)ccc1Br. The molecular weight excluding hydrogens is 370 g/mol. The average molecular weight is 392 g/mol. The van der Waals surface area contributed by atoms with Gasteiger partial charge in [-0.2, -0.15) is 0 Å².